The molecule has 4 rings (SSSR count). The minimum Gasteiger partial charge on any atom is -0.374 e. The van der Waals surface area contributed by atoms with Crippen molar-refractivity contribution in [3.63, 3.8) is 0 Å². The number of ether oxygens (including phenoxy) is 1. The number of carbonyl (C=O) groups is 2. The van der Waals surface area contributed by atoms with E-state index in [1.165, 1.54) is 0 Å². The molecular formula is C32H44N4O5S. The fourth-order valence-electron chi connectivity index (χ4n) is 6.25. The molecule has 2 atom stereocenters. The van der Waals surface area contributed by atoms with Crippen molar-refractivity contribution in [2.24, 2.45) is 5.73 Å². The van der Waals surface area contributed by atoms with Gasteiger partial charge >= 0.3 is 0 Å². The maximum absolute atomic E-state index is 14.2. The number of hydrogen-bond donors (Lipinski definition) is 2. The molecule has 42 heavy (non-hydrogen) atoms. The fourth-order valence-corrected chi connectivity index (χ4v) is 8.57. The van der Waals surface area contributed by atoms with Crippen LogP contribution in [0.1, 0.15) is 64.0 Å². The molecule has 1 aliphatic heterocycles. The lowest BCUT2D eigenvalue weighted by atomic mass is 9.75. The molecule has 9 nitrogen and oxygen atoms in total. The van der Waals surface area contributed by atoms with Crippen molar-refractivity contribution in [1.29, 1.82) is 0 Å². The van der Waals surface area contributed by atoms with E-state index in [0.717, 1.165) is 30.4 Å². The summed E-state index contributed by atoms with van der Waals surface area (Å²) in [6, 6.07) is 17.0. The third-order valence-electron chi connectivity index (χ3n) is 8.33. The van der Waals surface area contributed by atoms with Crippen LogP contribution in [0.5, 0.6) is 0 Å². The molecule has 1 saturated carbocycles. The third kappa shape index (κ3) is 6.62. The van der Waals surface area contributed by atoms with Crippen molar-refractivity contribution in [3.8, 4) is 0 Å². The summed E-state index contributed by atoms with van der Waals surface area (Å²) in [5.41, 5.74) is 7.48. The Hall–Kier alpha value is -3.05. The van der Waals surface area contributed by atoms with E-state index in [4.69, 9.17) is 10.5 Å². The zero-order chi connectivity index (χ0) is 30.3. The van der Waals surface area contributed by atoms with Gasteiger partial charge in [-0.05, 0) is 43.4 Å². The zero-order valence-corrected chi connectivity index (χ0v) is 25.7. The second-order valence-corrected chi connectivity index (χ2v) is 12.9. The normalized spacial score (nSPS) is 19.4. The first-order valence-electron chi connectivity index (χ1n) is 14.9. The van der Waals surface area contributed by atoms with E-state index in [9.17, 15) is 18.0 Å². The molecule has 2 aromatic carbocycles. The van der Waals surface area contributed by atoms with E-state index in [2.05, 4.69) is 5.32 Å². The average Bonchev–Trinajstić information content (AvgIpc) is 3.17. The molecule has 0 aromatic heterocycles. The number of likely N-dealkylation sites (N-methyl/N-ethyl adjacent to an activating group) is 2. The molecule has 1 unspecified atom stereocenters. The first kappa shape index (κ1) is 31.9. The van der Waals surface area contributed by atoms with Crippen LogP contribution in [0.4, 0.5) is 0 Å². The van der Waals surface area contributed by atoms with E-state index in [1.807, 2.05) is 74.5 Å². The lowest BCUT2D eigenvalue weighted by Gasteiger charge is -2.43. The third-order valence-corrected chi connectivity index (χ3v) is 10.5. The Balaban J connectivity index is 1.70. The molecule has 0 saturated heterocycles. The van der Waals surface area contributed by atoms with E-state index < -0.39 is 33.6 Å². The molecular weight excluding hydrogens is 552 g/mol. The van der Waals surface area contributed by atoms with Crippen LogP contribution < -0.4 is 11.1 Å². The highest BCUT2D eigenvalue weighted by Crippen LogP contribution is 2.51. The number of sulfonamides is 1. The topological polar surface area (TPSA) is 122 Å². The van der Waals surface area contributed by atoms with Crippen LogP contribution in [0, 0.1) is 0 Å². The molecule has 3 N–H and O–H groups in total. The monoisotopic (exact) mass is 596 g/mol. The summed E-state index contributed by atoms with van der Waals surface area (Å²) in [4.78, 5) is 28.7. The van der Waals surface area contributed by atoms with Crippen LogP contribution in [0.3, 0.4) is 0 Å². The first-order valence-corrected chi connectivity index (χ1v) is 16.4. The summed E-state index contributed by atoms with van der Waals surface area (Å²) in [5.74, 6) is -0.793. The van der Waals surface area contributed by atoms with Crippen LogP contribution in [0.2, 0.25) is 0 Å². The van der Waals surface area contributed by atoms with Gasteiger partial charge in [-0.1, -0.05) is 86.8 Å². The van der Waals surface area contributed by atoms with Gasteiger partial charge in [0.05, 0.1) is 29.7 Å². The molecule has 10 heteroatoms. The van der Waals surface area contributed by atoms with E-state index >= 15 is 0 Å². The number of nitrogens with one attached hydrogen (secondary N) is 1. The summed E-state index contributed by atoms with van der Waals surface area (Å²) < 4.78 is 35.9. The molecule has 1 spiro atoms. The second-order valence-electron chi connectivity index (χ2n) is 11.1. The van der Waals surface area contributed by atoms with E-state index in [0.29, 0.717) is 36.4 Å². The Labute approximate surface area is 250 Å². The minimum atomic E-state index is -3.80. The van der Waals surface area contributed by atoms with Gasteiger partial charge < -0.3 is 20.7 Å². The van der Waals surface area contributed by atoms with Gasteiger partial charge in [-0.15, -0.1) is 0 Å². The molecule has 1 aliphatic carbocycles. The molecule has 1 fully saturated rings. The number of rotatable bonds is 12. The zero-order valence-electron chi connectivity index (χ0n) is 24.9. The summed E-state index contributed by atoms with van der Waals surface area (Å²) in [7, 11) is -3.80. The SMILES string of the molecule is CCN(CC1=C(c2ccccc2)S(=O)(=O)N(CC)C12CCCCC2)C(=O)[C@@H](COCc1ccccc1)NC(=O)C(C)N. The predicted octanol–water partition coefficient (Wildman–Crippen LogP) is 3.66. The highest BCUT2D eigenvalue weighted by molar-refractivity contribution is 7.98. The van der Waals surface area contributed by atoms with Gasteiger partial charge in [-0.2, -0.15) is 4.31 Å². The summed E-state index contributed by atoms with van der Waals surface area (Å²) >= 11 is 0. The maximum Gasteiger partial charge on any atom is 0.247 e. The second kappa shape index (κ2) is 13.9. The summed E-state index contributed by atoms with van der Waals surface area (Å²) in [6.45, 7) is 6.36. The van der Waals surface area contributed by atoms with Gasteiger partial charge in [-0.25, -0.2) is 8.42 Å². The summed E-state index contributed by atoms with van der Waals surface area (Å²) in [6.07, 6.45) is 4.30. The Kier molecular flexibility index (Phi) is 10.6. The summed E-state index contributed by atoms with van der Waals surface area (Å²) in [5, 5.41) is 2.77. The van der Waals surface area contributed by atoms with Crippen molar-refractivity contribution in [2.45, 2.75) is 77.1 Å². The van der Waals surface area contributed by atoms with Crippen molar-refractivity contribution in [3.05, 3.63) is 77.4 Å². The Morgan fingerprint density at radius 3 is 2.21 bits per heavy atom. The van der Waals surface area contributed by atoms with Crippen LogP contribution >= 0.6 is 0 Å². The van der Waals surface area contributed by atoms with Gasteiger partial charge in [0.1, 0.15) is 6.04 Å². The van der Waals surface area contributed by atoms with Gasteiger partial charge in [0.25, 0.3) is 0 Å². The van der Waals surface area contributed by atoms with Crippen LogP contribution in [0.15, 0.2) is 66.2 Å². The maximum atomic E-state index is 14.2. The van der Waals surface area contributed by atoms with Gasteiger partial charge in [0, 0.05) is 19.6 Å². The van der Waals surface area contributed by atoms with E-state index in [1.54, 1.807) is 16.1 Å². The molecule has 2 aromatic rings. The van der Waals surface area contributed by atoms with Gasteiger partial charge in [0.2, 0.25) is 21.8 Å². The quantitative estimate of drug-likeness (QED) is 0.386. The van der Waals surface area contributed by atoms with Crippen molar-refractivity contribution < 1.29 is 22.7 Å². The number of hydrogen-bond acceptors (Lipinski definition) is 6. The van der Waals surface area contributed by atoms with Gasteiger partial charge in [0.15, 0.2) is 0 Å². The average molecular weight is 597 g/mol. The predicted molar refractivity (Wildman–Crippen MR) is 164 cm³/mol. The largest absolute Gasteiger partial charge is 0.374 e. The number of benzene rings is 2. The highest BCUT2D eigenvalue weighted by Gasteiger charge is 2.55. The van der Waals surface area contributed by atoms with Crippen LogP contribution in [-0.2, 0) is 31.0 Å². The smallest absolute Gasteiger partial charge is 0.247 e. The number of nitrogens with zero attached hydrogens (tertiary/aromatic N) is 2. The van der Waals surface area contributed by atoms with Gasteiger partial charge in [-0.3, -0.25) is 9.59 Å². The number of carbonyl (C=O) groups excluding carboxylic acids is 2. The minimum absolute atomic E-state index is 0.0438. The van der Waals surface area contributed by atoms with Crippen molar-refractivity contribution >= 4 is 26.7 Å². The molecule has 1 heterocycles. The van der Waals surface area contributed by atoms with Crippen LogP contribution in [-0.4, -0.2) is 73.3 Å². The van der Waals surface area contributed by atoms with Crippen molar-refractivity contribution in [2.75, 3.05) is 26.2 Å². The lowest BCUT2D eigenvalue weighted by Crippen LogP contribution is -2.55. The Morgan fingerprint density at radius 2 is 1.64 bits per heavy atom. The highest BCUT2D eigenvalue weighted by atomic mass is 32.2. The van der Waals surface area contributed by atoms with Crippen LogP contribution in [0.25, 0.3) is 4.91 Å². The molecule has 2 amide bonds. The Morgan fingerprint density at radius 1 is 1.02 bits per heavy atom. The number of amides is 2. The molecule has 228 valence electrons. The molecule has 0 bridgehead atoms. The van der Waals surface area contributed by atoms with E-state index in [-0.39, 0.29) is 25.7 Å². The van der Waals surface area contributed by atoms with Crippen molar-refractivity contribution in [1.82, 2.24) is 14.5 Å². The molecule has 2 aliphatic rings. The first-order chi connectivity index (χ1) is 20.2. The molecule has 0 radical (unpaired) electrons. The standard InChI is InChI=1S/C32H44N4O5S/c1-4-35(31(38)28(34-30(37)24(3)33)23-41-22-25-15-9-6-10-16-25)21-27-29(26-17-11-7-12-18-26)42(39,40)36(5-2)32(27)19-13-8-14-20-32/h6-7,9-12,15-18,24,28H,4-5,8,13-14,19-23,33H2,1-3H3,(H,34,37)/t24?,28-/m1/s1. The Bertz CT molecular complexity index is 1360. The number of nitrogens with two attached hydrogens (primary N) is 1. The fraction of sp³-hybridized carbons (Fsp3) is 0.500. The lowest BCUT2D eigenvalue weighted by molar-refractivity contribution is -0.138.